The zero-order chi connectivity index (χ0) is 21.6. The molecule has 2 amide bonds. The van der Waals surface area contributed by atoms with Crippen molar-refractivity contribution < 1.29 is 9.59 Å². The van der Waals surface area contributed by atoms with Crippen LogP contribution < -0.4 is 10.2 Å². The van der Waals surface area contributed by atoms with Gasteiger partial charge in [0.2, 0.25) is 11.8 Å². The van der Waals surface area contributed by atoms with Crippen LogP contribution in [0.3, 0.4) is 0 Å². The third kappa shape index (κ3) is 6.05. The molecule has 0 saturated heterocycles. The van der Waals surface area contributed by atoms with Gasteiger partial charge in [0.25, 0.3) is 0 Å². The summed E-state index contributed by atoms with van der Waals surface area (Å²) < 4.78 is 0. The van der Waals surface area contributed by atoms with Gasteiger partial charge in [-0.05, 0) is 31.0 Å². The molecular formula is C23H30N4O2S. The van der Waals surface area contributed by atoms with Crippen molar-refractivity contribution in [2.75, 3.05) is 23.7 Å². The Morgan fingerprint density at radius 2 is 1.97 bits per heavy atom. The first-order chi connectivity index (χ1) is 14.3. The number of hydrogen-bond donors (Lipinski definition) is 1. The molecule has 0 fully saturated rings. The maximum absolute atomic E-state index is 12.6. The van der Waals surface area contributed by atoms with Crippen LogP contribution >= 0.6 is 11.8 Å². The predicted molar refractivity (Wildman–Crippen MR) is 121 cm³/mol. The van der Waals surface area contributed by atoms with E-state index in [2.05, 4.69) is 36.1 Å². The number of nitrogens with zero attached hydrogens (tertiary/aromatic N) is 3. The molecule has 6 nitrogen and oxygen atoms in total. The summed E-state index contributed by atoms with van der Waals surface area (Å²) in [6, 6.07) is 9.86. The summed E-state index contributed by atoms with van der Waals surface area (Å²) in [5, 5.41) is 2.92. The third-order valence-corrected chi connectivity index (χ3v) is 5.95. The summed E-state index contributed by atoms with van der Waals surface area (Å²) in [5.41, 5.74) is 1.87. The maximum atomic E-state index is 12.6. The molecule has 2 heterocycles. The van der Waals surface area contributed by atoms with E-state index < -0.39 is 0 Å². The molecule has 1 aromatic carbocycles. The number of para-hydroxylation sites is 1. The zero-order valence-corrected chi connectivity index (χ0v) is 18.8. The first kappa shape index (κ1) is 22.3. The van der Waals surface area contributed by atoms with Crippen molar-refractivity contribution in [2.24, 2.45) is 0 Å². The molecule has 0 aliphatic carbocycles. The van der Waals surface area contributed by atoms with Crippen LogP contribution in [0, 0.1) is 0 Å². The SMILES string of the molecule is CC(C)(C)c1nccc(CCCNC(=O)CCC(=O)N2CCSc3ccccc32)n1. The van der Waals surface area contributed by atoms with E-state index in [4.69, 9.17) is 0 Å². The van der Waals surface area contributed by atoms with Crippen LogP contribution in [0.1, 0.15) is 51.6 Å². The van der Waals surface area contributed by atoms with Gasteiger partial charge < -0.3 is 10.2 Å². The second-order valence-corrected chi connectivity index (χ2v) is 9.57. The van der Waals surface area contributed by atoms with E-state index in [9.17, 15) is 9.59 Å². The summed E-state index contributed by atoms with van der Waals surface area (Å²) in [4.78, 5) is 36.7. The normalized spacial score (nSPS) is 13.6. The minimum Gasteiger partial charge on any atom is -0.356 e. The lowest BCUT2D eigenvalue weighted by Gasteiger charge is -2.29. The molecular weight excluding hydrogens is 396 g/mol. The Kier molecular flexibility index (Phi) is 7.48. The second kappa shape index (κ2) is 10.1. The number of benzene rings is 1. The van der Waals surface area contributed by atoms with Gasteiger partial charge in [0.05, 0.1) is 5.69 Å². The second-order valence-electron chi connectivity index (χ2n) is 8.44. The van der Waals surface area contributed by atoms with Gasteiger partial charge in [-0.2, -0.15) is 0 Å². The summed E-state index contributed by atoms with van der Waals surface area (Å²) in [7, 11) is 0. The van der Waals surface area contributed by atoms with Gasteiger partial charge in [0.1, 0.15) is 5.82 Å². The number of aryl methyl sites for hydroxylation is 1. The molecule has 1 aromatic heterocycles. The quantitative estimate of drug-likeness (QED) is 0.683. The number of rotatable bonds is 7. The van der Waals surface area contributed by atoms with Gasteiger partial charge >= 0.3 is 0 Å². The van der Waals surface area contributed by atoms with E-state index >= 15 is 0 Å². The predicted octanol–water partition coefficient (Wildman–Crippen LogP) is 3.74. The lowest BCUT2D eigenvalue weighted by Crippen LogP contribution is -2.36. The molecule has 2 aromatic rings. The van der Waals surface area contributed by atoms with Gasteiger partial charge in [-0.3, -0.25) is 9.59 Å². The van der Waals surface area contributed by atoms with Gasteiger partial charge in [-0.15, -0.1) is 11.8 Å². The van der Waals surface area contributed by atoms with Gasteiger partial charge in [-0.1, -0.05) is 32.9 Å². The van der Waals surface area contributed by atoms with Crippen LogP contribution in [-0.2, 0) is 21.4 Å². The summed E-state index contributed by atoms with van der Waals surface area (Å²) in [5.74, 6) is 1.64. The number of thioether (sulfide) groups is 1. The van der Waals surface area contributed by atoms with Crippen molar-refractivity contribution in [3.8, 4) is 0 Å². The Morgan fingerprint density at radius 3 is 2.77 bits per heavy atom. The average Bonchev–Trinajstić information content (AvgIpc) is 2.74. The molecule has 0 unspecified atom stereocenters. The molecule has 160 valence electrons. The van der Waals surface area contributed by atoms with Crippen LogP contribution in [0.15, 0.2) is 41.4 Å². The molecule has 7 heteroatoms. The lowest BCUT2D eigenvalue weighted by atomic mass is 9.95. The Morgan fingerprint density at radius 1 is 1.17 bits per heavy atom. The van der Waals surface area contributed by atoms with Gasteiger partial charge in [0.15, 0.2) is 0 Å². The smallest absolute Gasteiger partial charge is 0.227 e. The van der Waals surface area contributed by atoms with E-state index in [1.165, 1.54) is 0 Å². The minimum atomic E-state index is -0.0823. The zero-order valence-electron chi connectivity index (χ0n) is 18.0. The monoisotopic (exact) mass is 426 g/mol. The molecule has 30 heavy (non-hydrogen) atoms. The highest BCUT2D eigenvalue weighted by Gasteiger charge is 2.23. The first-order valence-electron chi connectivity index (χ1n) is 10.5. The van der Waals surface area contributed by atoms with E-state index in [0.29, 0.717) is 13.1 Å². The number of amides is 2. The molecule has 1 N–H and O–H groups in total. The molecule has 1 aliphatic heterocycles. The van der Waals surface area contributed by atoms with Crippen molar-refractivity contribution in [2.45, 2.75) is 56.8 Å². The van der Waals surface area contributed by atoms with Crippen LogP contribution in [0.25, 0.3) is 0 Å². The molecule has 3 rings (SSSR count). The number of aromatic nitrogens is 2. The van der Waals surface area contributed by atoms with Crippen LogP contribution in [-0.4, -0.2) is 40.6 Å². The fraction of sp³-hybridized carbons (Fsp3) is 0.478. The van der Waals surface area contributed by atoms with E-state index in [-0.39, 0.29) is 30.1 Å². The Bertz CT molecular complexity index is 895. The molecule has 0 spiro atoms. The summed E-state index contributed by atoms with van der Waals surface area (Å²) in [6.07, 6.45) is 3.83. The maximum Gasteiger partial charge on any atom is 0.227 e. The highest BCUT2D eigenvalue weighted by Crippen LogP contribution is 2.34. The topological polar surface area (TPSA) is 75.2 Å². The van der Waals surface area contributed by atoms with Crippen molar-refractivity contribution >= 4 is 29.3 Å². The van der Waals surface area contributed by atoms with Crippen LogP contribution in [0.5, 0.6) is 0 Å². The largest absolute Gasteiger partial charge is 0.356 e. The molecule has 0 atom stereocenters. The third-order valence-electron chi connectivity index (χ3n) is 4.91. The van der Waals surface area contributed by atoms with Crippen molar-refractivity contribution in [3.05, 3.63) is 48.0 Å². The van der Waals surface area contributed by atoms with Gasteiger partial charge in [0, 0.05) is 53.9 Å². The first-order valence-corrected chi connectivity index (χ1v) is 11.4. The van der Waals surface area contributed by atoms with E-state index in [1.807, 2.05) is 30.3 Å². The summed E-state index contributed by atoms with van der Waals surface area (Å²) in [6.45, 7) is 7.54. The van der Waals surface area contributed by atoms with E-state index in [0.717, 1.165) is 40.7 Å². The highest BCUT2D eigenvalue weighted by molar-refractivity contribution is 7.99. The van der Waals surface area contributed by atoms with Crippen LogP contribution in [0.2, 0.25) is 0 Å². The lowest BCUT2D eigenvalue weighted by molar-refractivity contribution is -0.125. The standard InChI is InChI=1S/C23H30N4O2S/c1-23(2,3)22-25-14-12-17(26-22)7-6-13-24-20(28)10-11-21(29)27-15-16-30-19-9-5-4-8-18(19)27/h4-5,8-9,12,14H,6-7,10-11,13,15-16H2,1-3H3,(H,24,28). The number of anilines is 1. The number of carbonyl (C=O) groups excluding carboxylic acids is 2. The fourth-order valence-corrected chi connectivity index (χ4v) is 4.26. The average molecular weight is 427 g/mol. The molecule has 0 radical (unpaired) electrons. The summed E-state index contributed by atoms with van der Waals surface area (Å²) >= 11 is 1.77. The van der Waals surface area contributed by atoms with Crippen molar-refractivity contribution in [3.63, 3.8) is 0 Å². The Labute approximate surface area is 182 Å². The fourth-order valence-electron chi connectivity index (χ4n) is 3.27. The Balaban J connectivity index is 1.39. The molecule has 1 aliphatic rings. The van der Waals surface area contributed by atoms with Crippen molar-refractivity contribution in [1.29, 1.82) is 0 Å². The number of fused-ring (bicyclic) bond motifs is 1. The number of carbonyl (C=O) groups is 2. The van der Waals surface area contributed by atoms with E-state index in [1.54, 1.807) is 22.9 Å². The number of hydrogen-bond acceptors (Lipinski definition) is 5. The molecule has 0 saturated carbocycles. The van der Waals surface area contributed by atoms with Crippen LogP contribution in [0.4, 0.5) is 5.69 Å². The van der Waals surface area contributed by atoms with Gasteiger partial charge in [-0.25, -0.2) is 9.97 Å². The minimum absolute atomic E-state index is 0.00796. The Hall–Kier alpha value is -2.41. The highest BCUT2D eigenvalue weighted by atomic mass is 32.2. The molecule has 0 bridgehead atoms. The number of nitrogens with one attached hydrogen (secondary N) is 1. The van der Waals surface area contributed by atoms with Crippen molar-refractivity contribution in [1.82, 2.24) is 15.3 Å².